The molecule has 0 saturated heterocycles. The smallest absolute Gasteiger partial charge is 0.328 e. The van der Waals surface area contributed by atoms with Crippen LogP contribution in [0.15, 0.2) is 42.5 Å². The van der Waals surface area contributed by atoms with Crippen LogP contribution in [0.5, 0.6) is 5.75 Å². The number of para-hydroxylation sites is 1. The summed E-state index contributed by atoms with van der Waals surface area (Å²) < 4.78 is 9.72. The van der Waals surface area contributed by atoms with Gasteiger partial charge in [-0.25, -0.2) is 4.79 Å². The van der Waals surface area contributed by atoms with E-state index in [-0.39, 0.29) is 35.0 Å². The highest BCUT2D eigenvalue weighted by molar-refractivity contribution is 6.04. The number of benzene rings is 2. The Morgan fingerprint density at radius 2 is 1.83 bits per heavy atom. The summed E-state index contributed by atoms with van der Waals surface area (Å²) in [4.78, 5) is 47.0. The lowest BCUT2D eigenvalue weighted by molar-refractivity contribution is -0.385. The van der Waals surface area contributed by atoms with Crippen LogP contribution in [-0.4, -0.2) is 43.0 Å². The van der Waals surface area contributed by atoms with Crippen LogP contribution < -0.4 is 15.4 Å². The van der Waals surface area contributed by atoms with Crippen molar-refractivity contribution in [3.63, 3.8) is 0 Å². The maximum Gasteiger partial charge on any atom is 0.328 e. The fraction of sp³-hybridized carbons (Fsp3) is 0.250. The van der Waals surface area contributed by atoms with E-state index in [9.17, 15) is 24.5 Å². The van der Waals surface area contributed by atoms with E-state index in [1.165, 1.54) is 39.3 Å². The fourth-order valence-electron chi connectivity index (χ4n) is 2.79. The van der Waals surface area contributed by atoms with Gasteiger partial charge in [0.25, 0.3) is 5.91 Å². The van der Waals surface area contributed by atoms with Crippen LogP contribution in [0.1, 0.15) is 22.8 Å². The van der Waals surface area contributed by atoms with Gasteiger partial charge in [-0.2, -0.15) is 0 Å². The number of carbonyl (C=O) groups excluding carboxylic acids is 3. The van der Waals surface area contributed by atoms with Gasteiger partial charge in [-0.15, -0.1) is 0 Å². The molecule has 2 rings (SSSR count). The van der Waals surface area contributed by atoms with Gasteiger partial charge in [0, 0.05) is 19.4 Å². The molecule has 0 saturated carbocycles. The van der Waals surface area contributed by atoms with Gasteiger partial charge in [0.1, 0.15) is 6.04 Å². The minimum Gasteiger partial charge on any atom is -0.490 e. The molecule has 0 aliphatic heterocycles. The first kappa shape index (κ1) is 22.3. The van der Waals surface area contributed by atoms with E-state index in [2.05, 4.69) is 10.6 Å². The van der Waals surface area contributed by atoms with Crippen molar-refractivity contribution in [1.29, 1.82) is 0 Å². The number of rotatable bonds is 8. The minimum atomic E-state index is -1.11. The third kappa shape index (κ3) is 5.53. The number of nitro groups is 1. The minimum absolute atomic E-state index is 0.0500. The second-order valence-corrected chi connectivity index (χ2v) is 6.24. The van der Waals surface area contributed by atoms with Crippen LogP contribution in [0.25, 0.3) is 0 Å². The van der Waals surface area contributed by atoms with Crippen LogP contribution >= 0.6 is 0 Å². The Kier molecular flexibility index (Phi) is 7.45. The zero-order valence-electron chi connectivity index (χ0n) is 16.6. The van der Waals surface area contributed by atoms with Crippen molar-refractivity contribution in [2.45, 2.75) is 19.4 Å². The number of hydrogen-bond acceptors (Lipinski definition) is 7. The van der Waals surface area contributed by atoms with E-state index in [1.54, 1.807) is 24.3 Å². The van der Waals surface area contributed by atoms with Crippen molar-refractivity contribution < 1.29 is 28.8 Å². The van der Waals surface area contributed by atoms with Crippen LogP contribution in [-0.2, 0) is 20.7 Å². The van der Waals surface area contributed by atoms with Gasteiger partial charge >= 0.3 is 11.7 Å². The molecule has 0 unspecified atom stereocenters. The summed E-state index contributed by atoms with van der Waals surface area (Å²) in [7, 11) is 2.48. The van der Waals surface area contributed by atoms with Gasteiger partial charge in [-0.05, 0) is 23.8 Å². The van der Waals surface area contributed by atoms with Gasteiger partial charge in [0.15, 0.2) is 5.75 Å². The summed E-state index contributed by atoms with van der Waals surface area (Å²) in [6, 6.07) is 9.43. The number of nitrogens with one attached hydrogen (secondary N) is 2. The number of nitro benzene ring substituents is 1. The molecule has 0 bridgehead atoms. The van der Waals surface area contributed by atoms with Gasteiger partial charge in [-0.1, -0.05) is 18.2 Å². The third-order valence-electron chi connectivity index (χ3n) is 4.15. The molecule has 0 aliphatic rings. The standard InChI is InChI=1S/C20H21N3O7/c1-12(24)21-15-7-5-4-6-14(15)19(25)22-16(20(26)30-3)10-13-8-9-18(29-2)17(11-13)23(27)28/h4-9,11,16H,10H2,1-3H3,(H,21,24)(H,22,25)/t16-/m1/s1. The molecule has 10 nitrogen and oxygen atoms in total. The summed E-state index contributed by atoms with van der Waals surface area (Å²) in [5.74, 6) is -1.62. The molecular formula is C20H21N3O7. The first-order valence-corrected chi connectivity index (χ1v) is 8.83. The van der Waals surface area contributed by atoms with Crippen molar-refractivity contribution in [1.82, 2.24) is 5.32 Å². The molecule has 0 spiro atoms. The molecule has 2 N–H and O–H groups in total. The monoisotopic (exact) mass is 415 g/mol. The van der Waals surface area contributed by atoms with Crippen LogP contribution in [0.3, 0.4) is 0 Å². The second-order valence-electron chi connectivity index (χ2n) is 6.24. The van der Waals surface area contributed by atoms with Gasteiger partial charge in [0.05, 0.1) is 30.4 Å². The highest BCUT2D eigenvalue weighted by Gasteiger charge is 2.25. The predicted octanol–water partition coefficient (Wildman–Crippen LogP) is 2.08. The molecule has 1 atom stereocenters. The number of anilines is 1. The Morgan fingerprint density at radius 3 is 2.43 bits per heavy atom. The van der Waals surface area contributed by atoms with Crippen molar-refractivity contribution in [2.24, 2.45) is 0 Å². The molecule has 2 aromatic rings. The highest BCUT2D eigenvalue weighted by Crippen LogP contribution is 2.28. The van der Waals surface area contributed by atoms with E-state index in [0.717, 1.165) is 0 Å². The molecule has 0 heterocycles. The number of esters is 1. The average molecular weight is 415 g/mol. The molecule has 10 heteroatoms. The lowest BCUT2D eigenvalue weighted by Crippen LogP contribution is -2.43. The highest BCUT2D eigenvalue weighted by atomic mass is 16.6. The Bertz CT molecular complexity index is 975. The van der Waals surface area contributed by atoms with E-state index in [4.69, 9.17) is 9.47 Å². The number of nitrogens with zero attached hydrogens (tertiary/aromatic N) is 1. The summed E-state index contributed by atoms with van der Waals surface area (Å²) in [5, 5.41) is 16.3. The van der Waals surface area contributed by atoms with Crippen molar-refractivity contribution in [3.8, 4) is 5.75 Å². The van der Waals surface area contributed by atoms with Gasteiger partial charge < -0.3 is 20.1 Å². The van der Waals surface area contributed by atoms with Crippen LogP contribution in [0.2, 0.25) is 0 Å². The normalized spacial score (nSPS) is 11.2. The number of carbonyl (C=O) groups is 3. The molecule has 2 amide bonds. The largest absolute Gasteiger partial charge is 0.490 e. The molecule has 158 valence electrons. The van der Waals surface area contributed by atoms with Crippen molar-refractivity contribution >= 4 is 29.2 Å². The molecule has 0 radical (unpaired) electrons. The van der Waals surface area contributed by atoms with Crippen LogP contribution in [0, 0.1) is 10.1 Å². The van der Waals surface area contributed by atoms with Crippen molar-refractivity contribution in [2.75, 3.05) is 19.5 Å². The lowest BCUT2D eigenvalue weighted by atomic mass is 10.0. The molecule has 0 aromatic heterocycles. The molecule has 0 fully saturated rings. The Hall–Kier alpha value is -3.95. The number of methoxy groups -OCH3 is 2. The summed E-state index contributed by atoms with van der Waals surface area (Å²) >= 11 is 0. The summed E-state index contributed by atoms with van der Waals surface area (Å²) in [5.41, 5.74) is 0.600. The summed E-state index contributed by atoms with van der Waals surface area (Å²) in [6.45, 7) is 1.31. The van der Waals surface area contributed by atoms with Gasteiger partial charge in [-0.3, -0.25) is 19.7 Å². The first-order chi connectivity index (χ1) is 14.3. The predicted molar refractivity (Wildman–Crippen MR) is 107 cm³/mol. The second kappa shape index (κ2) is 10.0. The number of amides is 2. The fourth-order valence-corrected chi connectivity index (χ4v) is 2.79. The molecular weight excluding hydrogens is 394 g/mol. The molecule has 0 aliphatic carbocycles. The maximum absolute atomic E-state index is 12.7. The van der Waals surface area contributed by atoms with Crippen LogP contribution in [0.4, 0.5) is 11.4 Å². The Morgan fingerprint density at radius 1 is 1.13 bits per heavy atom. The first-order valence-electron chi connectivity index (χ1n) is 8.83. The summed E-state index contributed by atoms with van der Waals surface area (Å²) in [6.07, 6.45) is -0.0500. The number of ether oxygens (including phenoxy) is 2. The zero-order valence-corrected chi connectivity index (χ0v) is 16.6. The quantitative estimate of drug-likeness (QED) is 0.382. The number of hydrogen-bond donors (Lipinski definition) is 2. The average Bonchev–Trinajstić information content (AvgIpc) is 2.72. The van der Waals surface area contributed by atoms with E-state index >= 15 is 0 Å². The van der Waals surface area contributed by atoms with E-state index < -0.39 is 22.8 Å². The zero-order chi connectivity index (χ0) is 22.3. The van der Waals surface area contributed by atoms with E-state index in [0.29, 0.717) is 5.56 Å². The SMILES string of the molecule is COC(=O)[C@@H](Cc1ccc(OC)c([N+](=O)[O-])c1)NC(=O)c1ccccc1NC(C)=O. The lowest BCUT2D eigenvalue weighted by Gasteiger charge is -2.18. The Balaban J connectivity index is 2.29. The molecule has 2 aromatic carbocycles. The molecule has 30 heavy (non-hydrogen) atoms. The van der Waals surface area contributed by atoms with Crippen molar-refractivity contribution in [3.05, 3.63) is 63.7 Å². The topological polar surface area (TPSA) is 137 Å². The third-order valence-corrected chi connectivity index (χ3v) is 4.15. The maximum atomic E-state index is 12.7. The Labute approximate surface area is 172 Å². The van der Waals surface area contributed by atoms with E-state index in [1.807, 2.05) is 0 Å². The van der Waals surface area contributed by atoms with Gasteiger partial charge in [0.2, 0.25) is 5.91 Å².